The number of barbiturate groups is 1. The van der Waals surface area contributed by atoms with Gasteiger partial charge in [0.1, 0.15) is 12.2 Å². The Morgan fingerprint density at radius 3 is 2.06 bits per heavy atom. The molecule has 11 heteroatoms. The van der Waals surface area contributed by atoms with Crippen LogP contribution in [0.4, 0.5) is 16.2 Å². The fourth-order valence-electron chi connectivity index (χ4n) is 7.78. The molecule has 272 valence electrons. The normalized spacial score (nSPS) is 18.7. The Kier molecular flexibility index (Phi) is 10.1. The van der Waals surface area contributed by atoms with Crippen LogP contribution in [-0.4, -0.2) is 38.0 Å². The molecule has 0 spiro atoms. The molecule has 5 aromatic carbocycles. The van der Waals surface area contributed by atoms with Gasteiger partial charge in [0.05, 0.1) is 16.4 Å². The van der Waals surface area contributed by atoms with Crippen LogP contribution in [0.3, 0.4) is 0 Å². The molecule has 3 heterocycles. The standard InChI is InChI=1S/C43H34Cl2IN3O5/c1-53-38-20-25(19-37(46)40(38)54-24-28-12-13-29(44)21-36(28)45)18-35-41(50)47-43(52)49(42(35)51)30-22-33-31(26-8-4-2-5-9-26)14-16-48-17-15-32(34(23-30)39(33)48)27-10-6-3-7-11-27/h2-13,18-23,31-32H,14-17,24H2,1H3,(H,47,50,52)/b35-18+/t31-,32+. The number of hydrogen-bond acceptors (Lipinski definition) is 6. The Labute approximate surface area is 336 Å². The van der Waals surface area contributed by atoms with E-state index < -0.39 is 17.8 Å². The lowest BCUT2D eigenvalue weighted by Crippen LogP contribution is -2.54. The first-order chi connectivity index (χ1) is 26.2. The van der Waals surface area contributed by atoms with Crippen molar-refractivity contribution in [3.05, 3.63) is 156 Å². The van der Waals surface area contributed by atoms with Crippen molar-refractivity contribution in [1.82, 2.24) is 5.32 Å². The molecule has 1 fully saturated rings. The minimum atomic E-state index is -0.790. The number of hydrogen-bond donors (Lipinski definition) is 1. The first-order valence-electron chi connectivity index (χ1n) is 17.6. The minimum absolute atomic E-state index is 0.0660. The molecule has 8 rings (SSSR count). The van der Waals surface area contributed by atoms with Crippen LogP contribution in [0, 0.1) is 3.57 Å². The highest BCUT2D eigenvalue weighted by molar-refractivity contribution is 14.1. The Bertz CT molecular complexity index is 2260. The maximum absolute atomic E-state index is 14.4. The van der Waals surface area contributed by atoms with E-state index in [4.69, 9.17) is 32.7 Å². The van der Waals surface area contributed by atoms with Crippen molar-refractivity contribution in [2.75, 3.05) is 30.0 Å². The van der Waals surface area contributed by atoms with Gasteiger partial charge < -0.3 is 14.4 Å². The van der Waals surface area contributed by atoms with E-state index in [0.717, 1.165) is 53.2 Å². The molecular weight excluding hydrogens is 836 g/mol. The molecule has 0 aromatic heterocycles. The SMILES string of the molecule is COc1cc(/C=C2\C(=O)NC(=O)N(c3cc4c5c(c3)[C@H](c3ccccc3)CCN5CC[C@@H]4c3ccccc3)C2=O)cc(I)c1OCc1ccc(Cl)cc1Cl. The number of halogens is 3. The van der Waals surface area contributed by atoms with Crippen LogP contribution in [0.25, 0.3) is 6.08 Å². The number of ether oxygens (including phenoxy) is 2. The zero-order chi connectivity index (χ0) is 37.5. The summed E-state index contributed by atoms with van der Waals surface area (Å²) < 4.78 is 12.5. The maximum Gasteiger partial charge on any atom is 0.335 e. The lowest BCUT2D eigenvalue weighted by molar-refractivity contribution is -0.122. The smallest absolute Gasteiger partial charge is 0.335 e. The van der Waals surface area contributed by atoms with E-state index >= 15 is 0 Å². The average Bonchev–Trinajstić information content (AvgIpc) is 3.17. The molecule has 0 radical (unpaired) electrons. The number of carbonyl (C=O) groups is 3. The summed E-state index contributed by atoms with van der Waals surface area (Å²) in [4.78, 5) is 45.0. The van der Waals surface area contributed by atoms with Gasteiger partial charge in [0.25, 0.3) is 11.8 Å². The van der Waals surface area contributed by atoms with Crippen LogP contribution in [0.2, 0.25) is 10.0 Å². The van der Waals surface area contributed by atoms with Crippen LogP contribution in [0.5, 0.6) is 11.5 Å². The number of rotatable bonds is 8. The van der Waals surface area contributed by atoms with Crippen molar-refractivity contribution in [1.29, 1.82) is 0 Å². The van der Waals surface area contributed by atoms with E-state index in [9.17, 15) is 14.4 Å². The van der Waals surface area contributed by atoms with Crippen LogP contribution in [0.1, 0.15) is 58.1 Å². The van der Waals surface area contributed by atoms with E-state index in [2.05, 4.69) is 57.1 Å². The zero-order valence-corrected chi connectivity index (χ0v) is 32.8. The van der Waals surface area contributed by atoms with E-state index in [-0.39, 0.29) is 24.0 Å². The number of amides is 4. The number of nitrogens with zero attached hydrogens (tertiary/aromatic N) is 2. The van der Waals surface area contributed by atoms with Crippen LogP contribution >= 0.6 is 45.8 Å². The maximum atomic E-state index is 14.4. The third kappa shape index (κ3) is 6.85. The van der Waals surface area contributed by atoms with Crippen molar-refractivity contribution >= 4 is 81.1 Å². The van der Waals surface area contributed by atoms with E-state index in [0.29, 0.717) is 36.4 Å². The third-order valence-corrected chi connectivity index (χ3v) is 11.7. The average molecular weight is 871 g/mol. The molecule has 3 aliphatic heterocycles. The lowest BCUT2D eigenvalue weighted by Gasteiger charge is -2.44. The second-order valence-corrected chi connectivity index (χ2v) is 15.5. The third-order valence-electron chi connectivity index (χ3n) is 10.3. The lowest BCUT2D eigenvalue weighted by atomic mass is 9.76. The van der Waals surface area contributed by atoms with E-state index in [1.807, 2.05) is 48.5 Å². The number of methoxy groups -OCH3 is 1. The van der Waals surface area contributed by atoms with Crippen LogP contribution < -0.4 is 24.6 Å². The molecule has 1 N–H and O–H groups in total. The van der Waals surface area contributed by atoms with Gasteiger partial charge in [-0.2, -0.15) is 0 Å². The summed E-state index contributed by atoms with van der Waals surface area (Å²) in [7, 11) is 1.51. The Hall–Kier alpha value is -4.84. The second kappa shape index (κ2) is 15.1. The largest absolute Gasteiger partial charge is 0.493 e. The fraction of sp³-hybridized carbons (Fsp3) is 0.186. The molecule has 8 nitrogen and oxygen atoms in total. The minimum Gasteiger partial charge on any atom is -0.493 e. The molecular formula is C43H34Cl2IN3O5. The molecule has 0 aliphatic carbocycles. The van der Waals surface area contributed by atoms with Gasteiger partial charge in [0, 0.05) is 46.2 Å². The summed E-state index contributed by atoms with van der Waals surface area (Å²) in [5, 5.41) is 3.43. The van der Waals surface area contributed by atoms with Crippen molar-refractivity contribution in [3.8, 4) is 11.5 Å². The van der Waals surface area contributed by atoms with Gasteiger partial charge >= 0.3 is 6.03 Å². The van der Waals surface area contributed by atoms with Crippen molar-refractivity contribution in [2.24, 2.45) is 0 Å². The summed E-state index contributed by atoms with van der Waals surface area (Å²) in [6, 6.07) is 32.5. The molecule has 4 amide bonds. The predicted molar refractivity (Wildman–Crippen MR) is 220 cm³/mol. The first-order valence-corrected chi connectivity index (χ1v) is 19.4. The van der Waals surface area contributed by atoms with Gasteiger partial charge in [-0.3, -0.25) is 14.9 Å². The summed E-state index contributed by atoms with van der Waals surface area (Å²) in [5.74, 6) is -0.484. The molecule has 5 aromatic rings. The number of carbonyl (C=O) groups excluding carboxylic acids is 3. The fourth-order valence-corrected chi connectivity index (χ4v) is 9.02. The first kappa shape index (κ1) is 36.2. The summed E-state index contributed by atoms with van der Waals surface area (Å²) in [5.41, 5.74) is 7.16. The van der Waals surface area contributed by atoms with Gasteiger partial charge in [0.15, 0.2) is 11.5 Å². The molecule has 2 atom stereocenters. The zero-order valence-electron chi connectivity index (χ0n) is 29.2. The van der Waals surface area contributed by atoms with E-state index in [1.165, 1.54) is 24.3 Å². The van der Waals surface area contributed by atoms with Gasteiger partial charge in [-0.15, -0.1) is 0 Å². The molecule has 0 unspecified atom stereocenters. The number of urea groups is 1. The topological polar surface area (TPSA) is 88.2 Å². The predicted octanol–water partition coefficient (Wildman–Crippen LogP) is 9.73. The van der Waals surface area contributed by atoms with Crippen molar-refractivity contribution in [2.45, 2.75) is 31.3 Å². The summed E-state index contributed by atoms with van der Waals surface area (Å²) in [6.45, 7) is 1.98. The highest BCUT2D eigenvalue weighted by atomic mass is 127. The van der Waals surface area contributed by atoms with Gasteiger partial charge in [0.2, 0.25) is 0 Å². The number of anilines is 2. The quantitative estimate of drug-likeness (QED) is 0.0950. The highest BCUT2D eigenvalue weighted by Gasteiger charge is 2.40. The summed E-state index contributed by atoms with van der Waals surface area (Å²) >= 11 is 14.5. The Balaban J connectivity index is 1.18. The number of benzene rings is 5. The summed E-state index contributed by atoms with van der Waals surface area (Å²) in [6.07, 6.45) is 3.27. The molecule has 0 bridgehead atoms. The monoisotopic (exact) mass is 869 g/mol. The number of imide groups is 2. The second-order valence-electron chi connectivity index (χ2n) is 13.5. The molecule has 54 heavy (non-hydrogen) atoms. The van der Waals surface area contributed by atoms with Crippen LogP contribution in [0.15, 0.2) is 109 Å². The van der Waals surface area contributed by atoms with Gasteiger partial charge in [-0.1, -0.05) is 89.9 Å². The van der Waals surface area contributed by atoms with Crippen molar-refractivity contribution < 1.29 is 23.9 Å². The Morgan fingerprint density at radius 2 is 1.46 bits per heavy atom. The molecule has 0 saturated carbocycles. The molecule has 3 aliphatic rings. The Morgan fingerprint density at radius 1 is 0.833 bits per heavy atom. The molecule has 1 saturated heterocycles. The van der Waals surface area contributed by atoms with Crippen LogP contribution in [-0.2, 0) is 16.2 Å². The number of nitrogens with one attached hydrogen (secondary N) is 1. The van der Waals surface area contributed by atoms with Gasteiger partial charge in [-0.05, 0) is 106 Å². The van der Waals surface area contributed by atoms with Gasteiger partial charge in [-0.25, -0.2) is 9.69 Å². The van der Waals surface area contributed by atoms with E-state index in [1.54, 1.807) is 30.3 Å². The van der Waals surface area contributed by atoms with Crippen molar-refractivity contribution in [3.63, 3.8) is 0 Å². The highest BCUT2D eigenvalue weighted by Crippen LogP contribution is 2.50.